The second-order valence-corrected chi connectivity index (χ2v) is 6.09. The zero-order valence-corrected chi connectivity index (χ0v) is 15.1. The lowest BCUT2D eigenvalue weighted by Gasteiger charge is -2.15. The van der Waals surface area contributed by atoms with Gasteiger partial charge in [0.25, 0.3) is 0 Å². The lowest BCUT2D eigenvalue weighted by atomic mass is 10.1. The van der Waals surface area contributed by atoms with Gasteiger partial charge in [0, 0.05) is 11.1 Å². The molecule has 0 spiro atoms. The fraction of sp³-hybridized carbons (Fsp3) is 0.200. The monoisotopic (exact) mass is 370 g/mol. The fourth-order valence-electron chi connectivity index (χ4n) is 2.85. The first-order valence-corrected chi connectivity index (χ1v) is 8.70. The molecule has 5 nitrogen and oxygen atoms in total. The highest BCUT2D eigenvalue weighted by molar-refractivity contribution is 6.30. The maximum absolute atomic E-state index is 11.3. The molecule has 0 unspecified atom stereocenters. The van der Waals surface area contributed by atoms with Gasteiger partial charge in [-0.3, -0.25) is 4.79 Å². The molecular formula is C20H19ClN2O3. The van der Waals surface area contributed by atoms with E-state index >= 15 is 0 Å². The average Bonchev–Trinajstić information content (AvgIpc) is 2.93. The summed E-state index contributed by atoms with van der Waals surface area (Å²) in [6.45, 7) is 2.90. The molecule has 0 aliphatic rings. The molecule has 2 aromatic carbocycles. The second-order valence-electron chi connectivity index (χ2n) is 5.74. The number of hydrogen-bond donors (Lipinski definition) is 1. The highest BCUT2D eigenvalue weighted by Gasteiger charge is 2.20. The number of carboxylic acids is 1. The third kappa shape index (κ3) is 3.89. The molecule has 3 rings (SSSR count). The number of aromatic nitrogens is 2. The van der Waals surface area contributed by atoms with Gasteiger partial charge in [-0.1, -0.05) is 60.1 Å². The minimum atomic E-state index is -0.953. The third-order valence-electron chi connectivity index (χ3n) is 3.98. The number of rotatable bonds is 7. The summed E-state index contributed by atoms with van der Waals surface area (Å²) in [6, 6.07) is 17.3. The molecular weight excluding hydrogens is 352 g/mol. The van der Waals surface area contributed by atoms with Crippen LogP contribution in [0, 0.1) is 0 Å². The van der Waals surface area contributed by atoms with Crippen LogP contribution in [0.3, 0.4) is 0 Å². The Morgan fingerprint density at radius 2 is 1.85 bits per heavy atom. The van der Waals surface area contributed by atoms with Crippen molar-refractivity contribution in [3.05, 3.63) is 71.0 Å². The fourth-order valence-corrected chi connectivity index (χ4v) is 3.10. The number of ether oxygens (including phenoxy) is 1. The summed E-state index contributed by atoms with van der Waals surface area (Å²) in [4.78, 5) is 15.7. The minimum Gasteiger partial charge on any atom is -0.494 e. The molecule has 0 saturated carbocycles. The number of benzene rings is 2. The number of hydrogen-bond acceptors (Lipinski definition) is 3. The van der Waals surface area contributed by atoms with E-state index in [0.717, 1.165) is 16.9 Å². The van der Waals surface area contributed by atoms with Gasteiger partial charge in [-0.2, -0.15) is 0 Å². The Labute approximate surface area is 156 Å². The van der Waals surface area contributed by atoms with E-state index in [1.807, 2.05) is 66.1 Å². The van der Waals surface area contributed by atoms with E-state index in [4.69, 9.17) is 16.3 Å². The number of nitrogens with zero attached hydrogens (tertiary/aromatic N) is 2. The summed E-state index contributed by atoms with van der Waals surface area (Å²) >= 11 is 6.28. The van der Waals surface area contributed by atoms with Gasteiger partial charge in [-0.25, -0.2) is 4.98 Å². The zero-order valence-electron chi connectivity index (χ0n) is 14.4. The molecule has 6 heteroatoms. The molecule has 0 aliphatic carbocycles. The van der Waals surface area contributed by atoms with Crippen molar-refractivity contribution in [1.29, 1.82) is 0 Å². The van der Waals surface area contributed by atoms with Gasteiger partial charge in [0.05, 0.1) is 25.3 Å². The second kappa shape index (κ2) is 8.06. The van der Waals surface area contributed by atoms with Gasteiger partial charge >= 0.3 is 5.97 Å². The molecule has 0 fully saturated rings. The van der Waals surface area contributed by atoms with Crippen molar-refractivity contribution in [1.82, 2.24) is 9.55 Å². The predicted molar refractivity (Wildman–Crippen MR) is 101 cm³/mol. The van der Waals surface area contributed by atoms with E-state index in [2.05, 4.69) is 4.98 Å². The molecule has 0 bridgehead atoms. The van der Waals surface area contributed by atoms with Crippen LogP contribution in [0.1, 0.15) is 18.2 Å². The van der Waals surface area contributed by atoms with E-state index in [1.165, 1.54) is 0 Å². The molecule has 0 amide bonds. The van der Waals surface area contributed by atoms with Gasteiger partial charge < -0.3 is 14.4 Å². The molecule has 0 aliphatic heterocycles. The molecule has 1 N–H and O–H groups in total. The number of aliphatic carboxylic acids is 1. The van der Waals surface area contributed by atoms with Crippen molar-refractivity contribution in [3.8, 4) is 17.1 Å². The van der Waals surface area contributed by atoms with Crippen LogP contribution < -0.4 is 4.74 Å². The number of carbonyl (C=O) groups is 1. The molecule has 134 valence electrons. The highest BCUT2D eigenvalue weighted by Crippen LogP contribution is 2.29. The van der Waals surface area contributed by atoms with Crippen LogP contribution in [0.15, 0.2) is 54.6 Å². The van der Waals surface area contributed by atoms with E-state index in [1.54, 1.807) is 0 Å². The number of para-hydroxylation sites is 1. The summed E-state index contributed by atoms with van der Waals surface area (Å²) in [5.41, 5.74) is 2.29. The first-order valence-electron chi connectivity index (χ1n) is 8.33. The summed E-state index contributed by atoms with van der Waals surface area (Å²) in [5, 5.41) is 9.48. The molecule has 0 radical (unpaired) electrons. The van der Waals surface area contributed by atoms with Crippen LogP contribution in [0.2, 0.25) is 5.15 Å². The first kappa shape index (κ1) is 18.0. The number of carboxylic acid groups (broad SMARTS) is 1. The summed E-state index contributed by atoms with van der Waals surface area (Å²) in [6.07, 6.45) is -0.199. The Bertz CT molecular complexity index is 907. The van der Waals surface area contributed by atoms with Crippen LogP contribution >= 0.6 is 11.6 Å². The van der Waals surface area contributed by atoms with Gasteiger partial charge in [0.2, 0.25) is 0 Å². The van der Waals surface area contributed by atoms with Gasteiger partial charge in [0.15, 0.2) is 5.15 Å². The molecule has 0 saturated heterocycles. The quantitative estimate of drug-likeness (QED) is 0.674. The lowest BCUT2D eigenvalue weighted by molar-refractivity contribution is -0.136. The standard InChI is InChI=1S/C20H19ClN2O3/c1-2-26-17-11-7-6-10-15(17)13-23-16(12-18(24)25)19(21)22-20(23)14-8-4-3-5-9-14/h3-11H,2,12-13H2,1H3,(H,24,25). The predicted octanol–water partition coefficient (Wildman–Crippen LogP) is 4.28. The van der Waals surface area contributed by atoms with Crippen LogP contribution in [-0.4, -0.2) is 27.2 Å². The summed E-state index contributed by atoms with van der Waals surface area (Å²) in [7, 11) is 0. The third-order valence-corrected chi connectivity index (χ3v) is 4.28. The largest absolute Gasteiger partial charge is 0.494 e. The van der Waals surface area contributed by atoms with Crippen molar-refractivity contribution >= 4 is 17.6 Å². The van der Waals surface area contributed by atoms with Crippen LogP contribution in [-0.2, 0) is 17.8 Å². The van der Waals surface area contributed by atoms with Crippen molar-refractivity contribution in [2.45, 2.75) is 19.9 Å². The lowest BCUT2D eigenvalue weighted by Crippen LogP contribution is -2.11. The maximum Gasteiger partial charge on any atom is 0.309 e. The van der Waals surface area contributed by atoms with Gasteiger partial charge in [0.1, 0.15) is 11.6 Å². The topological polar surface area (TPSA) is 64.4 Å². The summed E-state index contributed by atoms with van der Waals surface area (Å²) < 4.78 is 7.55. The highest BCUT2D eigenvalue weighted by atomic mass is 35.5. The Hall–Kier alpha value is -2.79. The number of imidazole rings is 1. The van der Waals surface area contributed by atoms with E-state index in [-0.39, 0.29) is 11.6 Å². The van der Waals surface area contributed by atoms with E-state index in [0.29, 0.717) is 24.7 Å². The van der Waals surface area contributed by atoms with E-state index < -0.39 is 5.97 Å². The first-order chi connectivity index (χ1) is 12.6. The average molecular weight is 371 g/mol. The van der Waals surface area contributed by atoms with Gasteiger partial charge in [-0.15, -0.1) is 0 Å². The molecule has 1 aromatic heterocycles. The Balaban J connectivity index is 2.11. The Kier molecular flexibility index (Phi) is 5.58. The molecule has 0 atom stereocenters. The Morgan fingerprint density at radius 3 is 2.54 bits per heavy atom. The minimum absolute atomic E-state index is 0.199. The van der Waals surface area contributed by atoms with E-state index in [9.17, 15) is 9.90 Å². The number of halogens is 1. The van der Waals surface area contributed by atoms with Crippen molar-refractivity contribution < 1.29 is 14.6 Å². The normalized spacial score (nSPS) is 10.7. The smallest absolute Gasteiger partial charge is 0.309 e. The van der Waals surface area contributed by atoms with Gasteiger partial charge in [-0.05, 0) is 13.0 Å². The van der Waals surface area contributed by atoms with Crippen molar-refractivity contribution in [2.75, 3.05) is 6.61 Å². The van der Waals surface area contributed by atoms with Crippen LogP contribution in [0.25, 0.3) is 11.4 Å². The van der Waals surface area contributed by atoms with Crippen LogP contribution in [0.4, 0.5) is 0 Å². The summed E-state index contributed by atoms with van der Waals surface area (Å²) in [5.74, 6) is 0.448. The van der Waals surface area contributed by atoms with Crippen LogP contribution in [0.5, 0.6) is 5.75 Å². The van der Waals surface area contributed by atoms with Crippen molar-refractivity contribution in [2.24, 2.45) is 0 Å². The Morgan fingerprint density at radius 1 is 1.15 bits per heavy atom. The molecule has 1 heterocycles. The molecule has 26 heavy (non-hydrogen) atoms. The zero-order chi connectivity index (χ0) is 18.5. The van der Waals surface area contributed by atoms with Crippen molar-refractivity contribution in [3.63, 3.8) is 0 Å². The SMILES string of the molecule is CCOc1ccccc1Cn1c(-c2ccccc2)nc(Cl)c1CC(=O)O. The molecule has 3 aromatic rings. The maximum atomic E-state index is 11.3.